The van der Waals surface area contributed by atoms with E-state index in [-0.39, 0.29) is 11.9 Å². The summed E-state index contributed by atoms with van der Waals surface area (Å²) in [7, 11) is 1.81. The van der Waals surface area contributed by atoms with Gasteiger partial charge in [0.2, 0.25) is 5.91 Å². The number of hydrogen-bond acceptors (Lipinski definition) is 5. The fraction of sp³-hybridized carbons (Fsp3) is 0.111. The Kier molecular flexibility index (Phi) is 4.45. The lowest BCUT2D eigenvalue weighted by Gasteiger charge is -2.34. The van der Waals surface area contributed by atoms with Gasteiger partial charge in [-0.3, -0.25) is 9.78 Å². The van der Waals surface area contributed by atoms with Gasteiger partial charge in [-0.25, -0.2) is 9.97 Å². The second kappa shape index (κ2) is 7.52. The van der Waals surface area contributed by atoms with Crippen LogP contribution < -0.4 is 5.73 Å². The highest BCUT2D eigenvalue weighted by atomic mass is 16.2. The first kappa shape index (κ1) is 20.1. The molecular formula is C27H22N6O. The standard InChI is InChI=1S/C27H22N6O/c1-3-22(34)32(2)21-14-33-25(19-10-6-5-9-18(19)21)23(24-26(28)30-15-31-27(24)33)17-12-16-8-4-7-11-20(16)29-13-17/h3-13,15,21H,1,14H2,2H3,(H2,28,30,31)/t21-/m0/s1. The number of benzene rings is 2. The molecule has 34 heavy (non-hydrogen) atoms. The van der Waals surface area contributed by atoms with Crippen molar-refractivity contribution in [2.45, 2.75) is 12.6 Å². The van der Waals surface area contributed by atoms with Crippen LogP contribution in [0.4, 0.5) is 5.82 Å². The zero-order valence-corrected chi connectivity index (χ0v) is 18.6. The number of likely N-dealkylation sites (N-methyl/N-ethyl adjacent to an activating group) is 1. The van der Waals surface area contributed by atoms with Crippen molar-refractivity contribution < 1.29 is 4.79 Å². The first-order valence-electron chi connectivity index (χ1n) is 11.0. The van der Waals surface area contributed by atoms with Gasteiger partial charge in [0.05, 0.1) is 22.6 Å². The maximum atomic E-state index is 12.5. The Bertz CT molecular complexity index is 1620. The van der Waals surface area contributed by atoms with E-state index in [9.17, 15) is 4.79 Å². The van der Waals surface area contributed by atoms with Crippen LogP contribution in [-0.2, 0) is 11.3 Å². The third-order valence-corrected chi connectivity index (χ3v) is 6.67. The van der Waals surface area contributed by atoms with Crippen LogP contribution in [-0.4, -0.2) is 37.4 Å². The van der Waals surface area contributed by atoms with Gasteiger partial charge in [-0.15, -0.1) is 0 Å². The maximum absolute atomic E-state index is 12.5. The quantitative estimate of drug-likeness (QED) is 0.409. The van der Waals surface area contributed by atoms with Crippen LogP contribution in [0.25, 0.3) is 44.3 Å². The summed E-state index contributed by atoms with van der Waals surface area (Å²) in [5, 5.41) is 1.84. The lowest BCUT2D eigenvalue weighted by molar-refractivity contribution is -0.127. The van der Waals surface area contributed by atoms with Gasteiger partial charge in [0, 0.05) is 41.9 Å². The minimum Gasteiger partial charge on any atom is -0.383 e. The van der Waals surface area contributed by atoms with Crippen molar-refractivity contribution in [3.05, 3.63) is 85.3 Å². The third kappa shape index (κ3) is 2.83. The molecular weight excluding hydrogens is 424 g/mol. The fourth-order valence-corrected chi connectivity index (χ4v) is 5.04. The molecule has 1 aliphatic heterocycles. The first-order chi connectivity index (χ1) is 16.6. The van der Waals surface area contributed by atoms with Gasteiger partial charge < -0.3 is 15.2 Å². The Morgan fingerprint density at radius 2 is 1.94 bits per heavy atom. The molecule has 1 amide bonds. The van der Waals surface area contributed by atoms with E-state index in [2.05, 4.69) is 45.4 Å². The number of anilines is 1. The van der Waals surface area contributed by atoms with E-state index >= 15 is 0 Å². The van der Waals surface area contributed by atoms with Crippen molar-refractivity contribution in [3.8, 4) is 22.4 Å². The van der Waals surface area contributed by atoms with Gasteiger partial charge in [-0.05, 0) is 23.8 Å². The van der Waals surface area contributed by atoms with Crippen molar-refractivity contribution in [2.24, 2.45) is 0 Å². The summed E-state index contributed by atoms with van der Waals surface area (Å²) in [4.78, 5) is 27.9. The van der Waals surface area contributed by atoms with E-state index in [1.165, 1.54) is 12.4 Å². The predicted octanol–water partition coefficient (Wildman–Crippen LogP) is 4.59. The fourth-order valence-electron chi connectivity index (χ4n) is 5.04. The molecule has 0 unspecified atom stereocenters. The Morgan fingerprint density at radius 3 is 2.79 bits per heavy atom. The predicted molar refractivity (Wildman–Crippen MR) is 134 cm³/mol. The van der Waals surface area contributed by atoms with Gasteiger partial charge in [0.1, 0.15) is 17.8 Å². The average Bonchev–Trinajstić information content (AvgIpc) is 3.23. The second-order valence-electron chi connectivity index (χ2n) is 8.46. The minimum atomic E-state index is -0.177. The van der Waals surface area contributed by atoms with E-state index in [0.29, 0.717) is 12.4 Å². The summed E-state index contributed by atoms with van der Waals surface area (Å²) in [5.41, 5.74) is 13.1. The summed E-state index contributed by atoms with van der Waals surface area (Å²) in [6, 6.07) is 18.2. The van der Waals surface area contributed by atoms with Crippen molar-refractivity contribution in [1.82, 2.24) is 24.4 Å². The van der Waals surface area contributed by atoms with E-state index in [4.69, 9.17) is 10.7 Å². The van der Waals surface area contributed by atoms with Crippen LogP contribution in [0.2, 0.25) is 0 Å². The number of hydrogen-bond donors (Lipinski definition) is 1. The SMILES string of the molecule is C=CC(=O)N(C)[C@H]1Cn2c(c(-c3cnc4ccccc4c3)c3c(N)ncnc32)-c2ccccc21. The molecule has 0 saturated carbocycles. The Hall–Kier alpha value is -4.52. The first-order valence-corrected chi connectivity index (χ1v) is 11.0. The number of rotatable bonds is 3. The van der Waals surface area contributed by atoms with Crippen LogP contribution in [0, 0.1) is 0 Å². The molecule has 166 valence electrons. The van der Waals surface area contributed by atoms with E-state index in [1.807, 2.05) is 36.5 Å². The van der Waals surface area contributed by atoms with Crippen molar-refractivity contribution in [2.75, 3.05) is 12.8 Å². The molecule has 1 atom stereocenters. The van der Waals surface area contributed by atoms with Crippen molar-refractivity contribution in [3.63, 3.8) is 0 Å². The lowest BCUT2D eigenvalue weighted by atomic mass is 9.90. The number of pyridine rings is 1. The molecule has 2 aromatic carbocycles. The number of nitrogens with two attached hydrogens (primary N) is 1. The van der Waals surface area contributed by atoms with Gasteiger partial charge in [-0.1, -0.05) is 49.0 Å². The summed E-state index contributed by atoms with van der Waals surface area (Å²) >= 11 is 0. The molecule has 3 aromatic heterocycles. The van der Waals surface area contributed by atoms with Crippen molar-refractivity contribution in [1.29, 1.82) is 0 Å². The van der Waals surface area contributed by atoms with Crippen LogP contribution in [0.3, 0.4) is 0 Å². The average molecular weight is 447 g/mol. The molecule has 5 aromatic rings. The maximum Gasteiger partial charge on any atom is 0.246 e. The van der Waals surface area contributed by atoms with Gasteiger partial charge >= 0.3 is 0 Å². The number of carbonyl (C=O) groups excluding carboxylic acids is 1. The number of nitrogens with zero attached hydrogens (tertiary/aromatic N) is 5. The summed E-state index contributed by atoms with van der Waals surface area (Å²) in [5.74, 6) is 0.285. The Morgan fingerprint density at radius 1 is 1.15 bits per heavy atom. The van der Waals surface area contributed by atoms with E-state index < -0.39 is 0 Å². The highest BCUT2D eigenvalue weighted by Crippen LogP contribution is 2.48. The lowest BCUT2D eigenvalue weighted by Crippen LogP contribution is -2.34. The van der Waals surface area contributed by atoms with Gasteiger partial charge in [0.25, 0.3) is 0 Å². The van der Waals surface area contributed by atoms with Gasteiger partial charge in [0.15, 0.2) is 0 Å². The second-order valence-corrected chi connectivity index (χ2v) is 8.46. The summed E-state index contributed by atoms with van der Waals surface area (Å²) in [6.45, 7) is 4.20. The molecule has 0 spiro atoms. The molecule has 0 bridgehead atoms. The summed E-state index contributed by atoms with van der Waals surface area (Å²) < 4.78 is 2.15. The number of nitrogen functional groups attached to an aromatic ring is 1. The molecule has 6 rings (SSSR count). The molecule has 0 radical (unpaired) electrons. The molecule has 1 aliphatic rings. The molecule has 0 saturated heterocycles. The third-order valence-electron chi connectivity index (χ3n) is 6.67. The van der Waals surface area contributed by atoms with E-state index in [1.54, 1.807) is 11.9 Å². The highest BCUT2D eigenvalue weighted by molar-refractivity contribution is 6.09. The molecule has 4 heterocycles. The van der Waals surface area contributed by atoms with Gasteiger partial charge in [-0.2, -0.15) is 0 Å². The van der Waals surface area contributed by atoms with Crippen LogP contribution >= 0.6 is 0 Å². The number of aromatic nitrogens is 4. The largest absolute Gasteiger partial charge is 0.383 e. The Labute approximate surface area is 196 Å². The molecule has 7 heteroatoms. The normalized spacial score (nSPS) is 14.6. The summed E-state index contributed by atoms with van der Waals surface area (Å²) in [6.07, 6.45) is 4.71. The number of carbonyl (C=O) groups is 1. The monoisotopic (exact) mass is 446 g/mol. The van der Waals surface area contributed by atoms with E-state index in [0.717, 1.165) is 49.9 Å². The van der Waals surface area contributed by atoms with Crippen LogP contribution in [0.5, 0.6) is 0 Å². The minimum absolute atomic E-state index is 0.132. The number of para-hydroxylation sites is 1. The number of fused-ring (bicyclic) bond motifs is 6. The topological polar surface area (TPSA) is 89.9 Å². The molecule has 0 aliphatic carbocycles. The highest BCUT2D eigenvalue weighted by Gasteiger charge is 2.34. The Balaban J connectivity index is 1.69. The number of amides is 1. The zero-order valence-electron chi connectivity index (χ0n) is 18.6. The van der Waals surface area contributed by atoms with Crippen molar-refractivity contribution >= 4 is 33.7 Å². The zero-order chi connectivity index (χ0) is 23.4. The smallest absolute Gasteiger partial charge is 0.246 e. The molecule has 7 nitrogen and oxygen atoms in total. The molecule has 0 fully saturated rings. The molecule has 2 N–H and O–H groups in total. The van der Waals surface area contributed by atoms with Crippen LogP contribution in [0.15, 0.2) is 79.8 Å². The van der Waals surface area contributed by atoms with Crippen LogP contribution in [0.1, 0.15) is 11.6 Å².